The number of amides is 1. The van der Waals surface area contributed by atoms with Crippen molar-refractivity contribution in [3.05, 3.63) is 24.1 Å². The van der Waals surface area contributed by atoms with Crippen molar-refractivity contribution in [2.45, 2.75) is 37.2 Å². The zero-order valence-corrected chi connectivity index (χ0v) is 14.4. The maximum atomic E-state index is 12.7. The van der Waals surface area contributed by atoms with Gasteiger partial charge in [0.2, 0.25) is 0 Å². The van der Waals surface area contributed by atoms with E-state index in [-0.39, 0.29) is 18.3 Å². The lowest BCUT2D eigenvalue weighted by atomic mass is 9.91. The van der Waals surface area contributed by atoms with Gasteiger partial charge in [-0.1, -0.05) is 0 Å². The Bertz CT molecular complexity index is 736. The fourth-order valence-corrected chi connectivity index (χ4v) is 3.13. The standard InChI is InChI=1S/C17H21N3O3.ClH/c1-22-17(6-8-18-9-7-17)16(21)19-12-4-5-14-13(10-12)20-15(23-14)11-2-3-11;/h4-5,10-11,18H,2-3,6-9H2,1H3,(H,19,21);1H. The first kappa shape index (κ1) is 17.2. The van der Waals surface area contributed by atoms with E-state index >= 15 is 0 Å². The maximum absolute atomic E-state index is 12.7. The topological polar surface area (TPSA) is 76.4 Å². The van der Waals surface area contributed by atoms with Crippen LogP contribution in [-0.2, 0) is 9.53 Å². The van der Waals surface area contributed by atoms with Crippen molar-refractivity contribution >= 4 is 35.1 Å². The van der Waals surface area contributed by atoms with Crippen LogP contribution in [0.3, 0.4) is 0 Å². The predicted octanol–water partition coefficient (Wildman–Crippen LogP) is 2.83. The first-order valence-electron chi connectivity index (χ1n) is 8.18. The minimum absolute atomic E-state index is 0. The van der Waals surface area contributed by atoms with Crippen molar-refractivity contribution in [3.8, 4) is 0 Å². The molecule has 1 saturated carbocycles. The number of oxazole rings is 1. The van der Waals surface area contributed by atoms with Crippen molar-refractivity contribution in [1.82, 2.24) is 10.3 Å². The third-order valence-corrected chi connectivity index (χ3v) is 4.80. The molecule has 2 fully saturated rings. The lowest BCUT2D eigenvalue weighted by molar-refractivity contribution is -0.140. The normalized spacial score (nSPS) is 19.7. The summed E-state index contributed by atoms with van der Waals surface area (Å²) in [6.45, 7) is 1.57. The number of carbonyl (C=O) groups excluding carboxylic acids is 1. The van der Waals surface area contributed by atoms with Gasteiger partial charge in [-0.15, -0.1) is 12.4 Å². The number of nitrogens with one attached hydrogen (secondary N) is 2. The molecule has 2 aromatic rings. The lowest BCUT2D eigenvalue weighted by Crippen LogP contribution is -2.51. The van der Waals surface area contributed by atoms with Crippen molar-refractivity contribution in [2.75, 3.05) is 25.5 Å². The van der Waals surface area contributed by atoms with Crippen LogP contribution in [0.5, 0.6) is 0 Å². The van der Waals surface area contributed by atoms with Gasteiger partial charge in [0.1, 0.15) is 11.1 Å². The molecule has 2 aliphatic rings. The number of hydrogen-bond donors (Lipinski definition) is 2. The van der Waals surface area contributed by atoms with Crippen LogP contribution in [-0.4, -0.2) is 36.7 Å². The Morgan fingerprint density at radius 1 is 1.38 bits per heavy atom. The van der Waals surface area contributed by atoms with Gasteiger partial charge in [-0.25, -0.2) is 4.98 Å². The Balaban J connectivity index is 0.00000169. The molecule has 1 aliphatic carbocycles. The number of benzene rings is 1. The van der Waals surface area contributed by atoms with Gasteiger partial charge in [-0.3, -0.25) is 4.79 Å². The minimum Gasteiger partial charge on any atom is -0.440 e. The SMILES string of the molecule is COC1(C(=O)Nc2ccc3oc(C4CC4)nc3c2)CCNCC1.Cl. The van der Waals surface area contributed by atoms with Gasteiger partial charge in [0, 0.05) is 18.7 Å². The second kappa shape index (κ2) is 6.70. The maximum Gasteiger partial charge on any atom is 0.256 e. The number of hydrogen-bond acceptors (Lipinski definition) is 5. The molecule has 1 aromatic carbocycles. The molecule has 1 aromatic heterocycles. The summed E-state index contributed by atoms with van der Waals surface area (Å²) in [7, 11) is 1.60. The van der Waals surface area contributed by atoms with Crippen LogP contribution < -0.4 is 10.6 Å². The van der Waals surface area contributed by atoms with Gasteiger partial charge in [0.15, 0.2) is 11.5 Å². The fourth-order valence-electron chi connectivity index (χ4n) is 3.13. The van der Waals surface area contributed by atoms with Gasteiger partial charge in [0.05, 0.1) is 0 Å². The molecule has 0 radical (unpaired) electrons. The van der Waals surface area contributed by atoms with Crippen LogP contribution in [0.25, 0.3) is 11.1 Å². The number of methoxy groups -OCH3 is 1. The molecule has 1 aliphatic heterocycles. The molecule has 1 saturated heterocycles. The molecule has 0 spiro atoms. The quantitative estimate of drug-likeness (QED) is 0.885. The number of rotatable bonds is 4. The summed E-state index contributed by atoms with van der Waals surface area (Å²) >= 11 is 0. The van der Waals surface area contributed by atoms with Crippen LogP contribution in [0, 0.1) is 0 Å². The Morgan fingerprint density at radius 2 is 2.12 bits per heavy atom. The Kier molecular flexibility index (Phi) is 4.80. The Hall–Kier alpha value is -1.63. The molecule has 1 amide bonds. The van der Waals surface area contributed by atoms with E-state index < -0.39 is 5.60 Å². The summed E-state index contributed by atoms with van der Waals surface area (Å²) < 4.78 is 11.3. The highest BCUT2D eigenvalue weighted by molar-refractivity contribution is 5.98. The third-order valence-electron chi connectivity index (χ3n) is 4.80. The summed E-state index contributed by atoms with van der Waals surface area (Å²) in [6.07, 6.45) is 3.66. The number of anilines is 1. The van der Waals surface area contributed by atoms with Crippen LogP contribution in [0.15, 0.2) is 22.6 Å². The number of nitrogens with zero attached hydrogens (tertiary/aromatic N) is 1. The Labute approximate surface area is 146 Å². The average molecular weight is 352 g/mol. The number of halogens is 1. The summed E-state index contributed by atoms with van der Waals surface area (Å²) in [4.78, 5) is 17.2. The van der Waals surface area contributed by atoms with Crippen molar-refractivity contribution < 1.29 is 13.9 Å². The van der Waals surface area contributed by atoms with Gasteiger partial charge in [0.25, 0.3) is 5.91 Å². The summed E-state index contributed by atoms with van der Waals surface area (Å²) in [5.41, 5.74) is 1.55. The van der Waals surface area contributed by atoms with Crippen molar-refractivity contribution in [2.24, 2.45) is 0 Å². The second-order valence-corrected chi connectivity index (χ2v) is 6.41. The van der Waals surface area contributed by atoms with Crippen LogP contribution in [0.2, 0.25) is 0 Å². The number of piperidine rings is 1. The molecule has 7 heteroatoms. The van der Waals surface area contributed by atoms with E-state index in [1.807, 2.05) is 18.2 Å². The molecule has 0 atom stereocenters. The summed E-state index contributed by atoms with van der Waals surface area (Å²) in [5, 5.41) is 6.23. The smallest absolute Gasteiger partial charge is 0.256 e. The second-order valence-electron chi connectivity index (χ2n) is 6.41. The minimum atomic E-state index is -0.747. The predicted molar refractivity (Wildman–Crippen MR) is 93.7 cm³/mol. The highest BCUT2D eigenvalue weighted by Crippen LogP contribution is 2.40. The highest BCUT2D eigenvalue weighted by Gasteiger charge is 2.39. The van der Waals surface area contributed by atoms with Gasteiger partial charge < -0.3 is 19.8 Å². The lowest BCUT2D eigenvalue weighted by Gasteiger charge is -2.34. The van der Waals surface area contributed by atoms with E-state index in [0.717, 1.165) is 48.6 Å². The zero-order valence-electron chi connectivity index (χ0n) is 13.6. The van der Waals surface area contributed by atoms with Gasteiger partial charge >= 0.3 is 0 Å². The largest absolute Gasteiger partial charge is 0.440 e. The third kappa shape index (κ3) is 3.14. The molecule has 2 heterocycles. The van der Waals surface area contributed by atoms with E-state index in [9.17, 15) is 4.79 Å². The number of ether oxygens (including phenoxy) is 1. The number of fused-ring (bicyclic) bond motifs is 1. The van der Waals surface area contributed by atoms with Gasteiger partial charge in [-0.2, -0.15) is 0 Å². The highest BCUT2D eigenvalue weighted by atomic mass is 35.5. The van der Waals surface area contributed by atoms with Gasteiger partial charge in [-0.05, 0) is 57.0 Å². The van der Waals surface area contributed by atoms with E-state index in [4.69, 9.17) is 9.15 Å². The van der Waals surface area contributed by atoms with Crippen molar-refractivity contribution in [3.63, 3.8) is 0 Å². The molecule has 2 N–H and O–H groups in total. The molecule has 0 unspecified atom stereocenters. The number of aromatic nitrogens is 1. The molecular formula is C17H22ClN3O3. The van der Waals surface area contributed by atoms with E-state index in [1.165, 1.54) is 0 Å². The molecule has 130 valence electrons. The van der Waals surface area contributed by atoms with E-state index in [2.05, 4.69) is 15.6 Å². The summed E-state index contributed by atoms with van der Waals surface area (Å²) in [6, 6.07) is 5.59. The van der Waals surface area contributed by atoms with E-state index in [1.54, 1.807) is 7.11 Å². The first-order chi connectivity index (χ1) is 11.2. The van der Waals surface area contributed by atoms with Crippen molar-refractivity contribution in [1.29, 1.82) is 0 Å². The monoisotopic (exact) mass is 351 g/mol. The molecule has 4 rings (SSSR count). The number of carbonyl (C=O) groups is 1. The first-order valence-corrected chi connectivity index (χ1v) is 8.18. The van der Waals surface area contributed by atoms with E-state index in [0.29, 0.717) is 18.8 Å². The summed E-state index contributed by atoms with van der Waals surface area (Å²) in [5.74, 6) is 1.20. The van der Waals surface area contributed by atoms with Crippen LogP contribution in [0.4, 0.5) is 5.69 Å². The molecule has 0 bridgehead atoms. The zero-order chi connectivity index (χ0) is 15.9. The molecular weight excluding hydrogens is 330 g/mol. The fraction of sp³-hybridized carbons (Fsp3) is 0.529. The molecule has 24 heavy (non-hydrogen) atoms. The Morgan fingerprint density at radius 3 is 2.79 bits per heavy atom. The molecule has 6 nitrogen and oxygen atoms in total. The average Bonchev–Trinajstić information content (AvgIpc) is 3.35. The van der Waals surface area contributed by atoms with Crippen LogP contribution in [0.1, 0.15) is 37.5 Å². The van der Waals surface area contributed by atoms with Crippen LogP contribution >= 0.6 is 12.4 Å².